The van der Waals surface area contributed by atoms with Gasteiger partial charge in [0.25, 0.3) is 0 Å². The van der Waals surface area contributed by atoms with Gasteiger partial charge < -0.3 is 4.42 Å². The van der Waals surface area contributed by atoms with Crippen LogP contribution in [0.1, 0.15) is 16.1 Å². The predicted molar refractivity (Wildman–Crippen MR) is 59.2 cm³/mol. The highest BCUT2D eigenvalue weighted by Crippen LogP contribution is 2.19. The van der Waals surface area contributed by atoms with Crippen molar-refractivity contribution in [2.45, 2.75) is 0 Å². The molecule has 0 radical (unpaired) electrons. The highest BCUT2D eigenvalue weighted by molar-refractivity contribution is 14.1. The minimum absolute atomic E-state index is 0.0517. The molecule has 2 nitrogen and oxygen atoms in total. The molecule has 2 rings (SSSR count). The normalized spacial score (nSPS) is 10.2. The van der Waals surface area contributed by atoms with Crippen LogP contribution in [0.5, 0.6) is 0 Å². The lowest BCUT2D eigenvalue weighted by Gasteiger charge is -1.90. The lowest BCUT2D eigenvalue weighted by atomic mass is 10.2. The van der Waals surface area contributed by atoms with Gasteiger partial charge in [0.15, 0.2) is 5.76 Å². The first-order chi connectivity index (χ1) is 6.27. The van der Waals surface area contributed by atoms with E-state index < -0.39 is 0 Å². The number of hydrogen-bond acceptors (Lipinski definition) is 3. The summed E-state index contributed by atoms with van der Waals surface area (Å²) in [4.78, 5) is 11.6. The molecule has 0 atom stereocenters. The molecule has 0 N–H and O–H groups in total. The third-order valence-electron chi connectivity index (χ3n) is 1.57. The number of carbonyl (C=O) groups excluding carboxylic acids is 1. The Kier molecular flexibility index (Phi) is 2.50. The molecule has 0 aliphatic carbocycles. The van der Waals surface area contributed by atoms with Gasteiger partial charge in [-0.15, -0.1) is 11.3 Å². The molecule has 2 heterocycles. The van der Waals surface area contributed by atoms with Crippen molar-refractivity contribution in [3.8, 4) is 0 Å². The summed E-state index contributed by atoms with van der Waals surface area (Å²) in [5.41, 5.74) is 0.698. The fourth-order valence-corrected chi connectivity index (χ4v) is 2.31. The molecule has 0 aromatic carbocycles. The lowest BCUT2D eigenvalue weighted by molar-refractivity contribution is 0.101. The smallest absolute Gasteiger partial charge is 0.229 e. The van der Waals surface area contributed by atoms with Crippen LogP contribution in [-0.2, 0) is 0 Å². The molecule has 0 aliphatic heterocycles. The number of thiophene rings is 1. The van der Waals surface area contributed by atoms with Gasteiger partial charge in [0.1, 0.15) is 0 Å². The second-order valence-electron chi connectivity index (χ2n) is 2.45. The Balaban J connectivity index is 2.33. The van der Waals surface area contributed by atoms with Crippen molar-refractivity contribution in [1.29, 1.82) is 0 Å². The summed E-state index contributed by atoms with van der Waals surface area (Å²) < 4.78 is 6.12. The highest BCUT2D eigenvalue weighted by Gasteiger charge is 2.12. The molecule has 0 saturated heterocycles. The van der Waals surface area contributed by atoms with Crippen molar-refractivity contribution in [3.05, 3.63) is 44.0 Å². The Morgan fingerprint density at radius 3 is 2.92 bits per heavy atom. The van der Waals surface area contributed by atoms with Gasteiger partial charge in [0.05, 0.1) is 9.15 Å². The quantitative estimate of drug-likeness (QED) is 0.630. The Morgan fingerprint density at radius 1 is 1.54 bits per heavy atom. The van der Waals surface area contributed by atoms with Crippen LogP contribution in [0.2, 0.25) is 0 Å². The predicted octanol–water partition coefficient (Wildman–Crippen LogP) is 3.18. The molecule has 66 valence electrons. The molecular formula is C9H5IO2S. The molecule has 4 heteroatoms. The van der Waals surface area contributed by atoms with Crippen LogP contribution in [0.15, 0.2) is 34.3 Å². The number of carbonyl (C=O) groups is 1. The molecule has 0 spiro atoms. The number of ketones is 1. The van der Waals surface area contributed by atoms with Crippen molar-refractivity contribution in [1.82, 2.24) is 0 Å². The van der Waals surface area contributed by atoms with E-state index in [1.54, 1.807) is 23.5 Å². The molecule has 2 aromatic rings. The SMILES string of the molecule is O=C(c1csc(I)c1)c1ccco1. The molecule has 13 heavy (non-hydrogen) atoms. The maximum Gasteiger partial charge on any atom is 0.229 e. The molecule has 2 aromatic heterocycles. The molecule has 0 unspecified atom stereocenters. The van der Waals surface area contributed by atoms with Gasteiger partial charge >= 0.3 is 0 Å². The fraction of sp³-hybridized carbons (Fsp3) is 0. The van der Waals surface area contributed by atoms with Crippen molar-refractivity contribution < 1.29 is 9.21 Å². The summed E-state index contributed by atoms with van der Waals surface area (Å²) in [6.45, 7) is 0. The van der Waals surface area contributed by atoms with Crippen LogP contribution >= 0.6 is 33.9 Å². The monoisotopic (exact) mass is 304 g/mol. The van der Waals surface area contributed by atoms with Crippen LogP contribution in [0.25, 0.3) is 0 Å². The summed E-state index contributed by atoms with van der Waals surface area (Å²) in [7, 11) is 0. The first-order valence-electron chi connectivity index (χ1n) is 3.59. The van der Waals surface area contributed by atoms with E-state index in [2.05, 4.69) is 22.6 Å². The summed E-state index contributed by atoms with van der Waals surface area (Å²) in [6, 6.07) is 5.24. The molecule has 0 fully saturated rings. The van der Waals surface area contributed by atoms with Gasteiger partial charge in [-0.3, -0.25) is 4.79 Å². The maximum atomic E-state index is 11.6. The van der Waals surface area contributed by atoms with Crippen LogP contribution in [0.4, 0.5) is 0 Å². The fourth-order valence-electron chi connectivity index (χ4n) is 0.979. The zero-order valence-electron chi connectivity index (χ0n) is 6.49. The van der Waals surface area contributed by atoms with Crippen LogP contribution < -0.4 is 0 Å². The van der Waals surface area contributed by atoms with Crippen molar-refractivity contribution >= 4 is 39.7 Å². The zero-order valence-corrected chi connectivity index (χ0v) is 9.46. The van der Waals surface area contributed by atoms with E-state index in [9.17, 15) is 4.79 Å². The summed E-state index contributed by atoms with van der Waals surface area (Å²) in [5.74, 6) is 0.346. The maximum absolute atomic E-state index is 11.6. The molecular weight excluding hydrogens is 299 g/mol. The lowest BCUT2D eigenvalue weighted by Crippen LogP contribution is -1.96. The molecule has 0 bridgehead atoms. The number of rotatable bonds is 2. The van der Waals surface area contributed by atoms with E-state index in [1.807, 2.05) is 11.4 Å². The van der Waals surface area contributed by atoms with E-state index in [4.69, 9.17) is 4.42 Å². The van der Waals surface area contributed by atoms with Gasteiger partial charge in [-0.25, -0.2) is 0 Å². The second-order valence-corrected chi connectivity index (χ2v) is 5.25. The topological polar surface area (TPSA) is 30.2 Å². The van der Waals surface area contributed by atoms with Gasteiger partial charge in [-0.2, -0.15) is 0 Å². The van der Waals surface area contributed by atoms with E-state index in [0.29, 0.717) is 11.3 Å². The van der Waals surface area contributed by atoms with Crippen molar-refractivity contribution in [2.24, 2.45) is 0 Å². The molecule has 0 aliphatic rings. The number of halogens is 1. The van der Waals surface area contributed by atoms with Gasteiger partial charge in [0.2, 0.25) is 5.78 Å². The van der Waals surface area contributed by atoms with Gasteiger partial charge in [-0.1, -0.05) is 0 Å². The summed E-state index contributed by atoms with van der Waals surface area (Å²) in [5, 5.41) is 1.84. The average Bonchev–Trinajstić information content (AvgIpc) is 2.72. The first kappa shape index (κ1) is 8.96. The minimum Gasteiger partial charge on any atom is -0.461 e. The van der Waals surface area contributed by atoms with Gasteiger partial charge in [0, 0.05) is 10.9 Å². The van der Waals surface area contributed by atoms with Crippen LogP contribution in [-0.4, -0.2) is 5.78 Å². The van der Waals surface area contributed by atoms with Gasteiger partial charge in [-0.05, 0) is 40.8 Å². The summed E-state index contributed by atoms with van der Waals surface area (Å²) >= 11 is 3.74. The Morgan fingerprint density at radius 2 is 2.38 bits per heavy atom. The largest absolute Gasteiger partial charge is 0.461 e. The third-order valence-corrected chi connectivity index (χ3v) is 3.36. The standard InChI is InChI=1S/C9H5IO2S/c10-8-4-6(5-13-8)9(11)7-2-1-3-12-7/h1-5H. The second kappa shape index (κ2) is 3.63. The average molecular weight is 304 g/mol. The first-order valence-corrected chi connectivity index (χ1v) is 5.55. The third kappa shape index (κ3) is 1.83. The van der Waals surface area contributed by atoms with E-state index in [-0.39, 0.29) is 5.78 Å². The summed E-state index contributed by atoms with van der Waals surface area (Å²) in [6.07, 6.45) is 1.50. The Labute approximate surface area is 92.7 Å². The Hall–Kier alpha value is -0.620. The van der Waals surface area contributed by atoms with Crippen LogP contribution in [0.3, 0.4) is 0 Å². The highest BCUT2D eigenvalue weighted by atomic mass is 127. The number of hydrogen-bond donors (Lipinski definition) is 0. The minimum atomic E-state index is -0.0517. The van der Waals surface area contributed by atoms with E-state index >= 15 is 0 Å². The van der Waals surface area contributed by atoms with E-state index in [1.165, 1.54) is 6.26 Å². The molecule has 0 saturated carbocycles. The van der Waals surface area contributed by atoms with Crippen LogP contribution in [0, 0.1) is 2.88 Å². The van der Waals surface area contributed by atoms with Crippen molar-refractivity contribution in [3.63, 3.8) is 0 Å². The zero-order chi connectivity index (χ0) is 9.26. The van der Waals surface area contributed by atoms with E-state index in [0.717, 1.165) is 2.88 Å². The number of furan rings is 1. The van der Waals surface area contributed by atoms with Crippen molar-refractivity contribution in [2.75, 3.05) is 0 Å². The molecule has 0 amide bonds. The Bertz CT molecular complexity index is 417.